The van der Waals surface area contributed by atoms with Crippen molar-refractivity contribution < 1.29 is 13.2 Å². The van der Waals surface area contributed by atoms with Gasteiger partial charge in [-0.25, -0.2) is 13.1 Å². The van der Waals surface area contributed by atoms with Gasteiger partial charge in [0.2, 0.25) is 5.88 Å². The fourth-order valence-electron chi connectivity index (χ4n) is 3.57. The number of nitrogens with zero attached hydrogens (tertiary/aromatic N) is 3. The number of aromatic nitrogens is 2. The summed E-state index contributed by atoms with van der Waals surface area (Å²) in [7, 11) is -1.89. The van der Waals surface area contributed by atoms with Gasteiger partial charge >= 0.3 is 0 Å². The third-order valence-corrected chi connectivity index (χ3v) is 6.60. The number of hydrogen-bond donors (Lipinski definition) is 1. The van der Waals surface area contributed by atoms with Crippen LogP contribution in [-0.4, -0.2) is 37.9 Å². The molecule has 7 nitrogen and oxygen atoms in total. The monoisotopic (exact) mass is 362 g/mol. The van der Waals surface area contributed by atoms with E-state index in [4.69, 9.17) is 4.74 Å². The second kappa shape index (κ2) is 6.03. The lowest BCUT2D eigenvalue weighted by molar-refractivity contribution is 0.288. The summed E-state index contributed by atoms with van der Waals surface area (Å²) in [5.41, 5.74) is 3.49. The molecule has 2 aliphatic heterocycles. The molecule has 0 spiro atoms. The molecule has 0 fully saturated rings. The van der Waals surface area contributed by atoms with E-state index in [9.17, 15) is 8.42 Å². The largest absolute Gasteiger partial charge is 0.474 e. The molecule has 0 saturated heterocycles. The van der Waals surface area contributed by atoms with Crippen molar-refractivity contribution in [3.63, 3.8) is 0 Å². The molecule has 3 heterocycles. The first kappa shape index (κ1) is 16.4. The van der Waals surface area contributed by atoms with E-state index in [1.807, 2.05) is 12.1 Å². The van der Waals surface area contributed by atoms with E-state index in [0.29, 0.717) is 35.3 Å². The van der Waals surface area contributed by atoms with Crippen molar-refractivity contribution in [3.05, 3.63) is 35.0 Å². The number of ether oxygens (including phenoxy) is 1. The van der Waals surface area contributed by atoms with Crippen LogP contribution in [0.2, 0.25) is 0 Å². The maximum absolute atomic E-state index is 13.3. The van der Waals surface area contributed by atoms with Gasteiger partial charge in [-0.05, 0) is 49.6 Å². The Bertz CT molecular complexity index is 920. The van der Waals surface area contributed by atoms with E-state index in [-0.39, 0.29) is 0 Å². The summed E-state index contributed by atoms with van der Waals surface area (Å²) in [6.45, 7) is 4.16. The molecule has 0 unspecified atom stereocenters. The molecule has 2 aromatic rings. The maximum atomic E-state index is 13.3. The summed E-state index contributed by atoms with van der Waals surface area (Å²) in [5, 5.41) is 7.67. The Morgan fingerprint density at radius 1 is 1.28 bits per heavy atom. The Hall–Kier alpha value is -2.06. The van der Waals surface area contributed by atoms with Crippen molar-refractivity contribution in [2.45, 2.75) is 31.2 Å². The highest BCUT2D eigenvalue weighted by Crippen LogP contribution is 2.37. The molecule has 8 heteroatoms. The molecule has 1 aromatic carbocycles. The van der Waals surface area contributed by atoms with Gasteiger partial charge in [0.05, 0.1) is 17.1 Å². The van der Waals surface area contributed by atoms with E-state index >= 15 is 0 Å². The first-order valence-electron chi connectivity index (χ1n) is 8.50. The van der Waals surface area contributed by atoms with Crippen molar-refractivity contribution in [1.29, 1.82) is 0 Å². The van der Waals surface area contributed by atoms with Gasteiger partial charge in [0.25, 0.3) is 10.0 Å². The topological polar surface area (TPSA) is 76.5 Å². The summed E-state index contributed by atoms with van der Waals surface area (Å²) in [5.74, 6) is 0.506. The highest BCUT2D eigenvalue weighted by molar-refractivity contribution is 7.92. The Morgan fingerprint density at radius 3 is 2.96 bits per heavy atom. The minimum atomic E-state index is -3.65. The van der Waals surface area contributed by atoms with Crippen molar-refractivity contribution in [3.8, 4) is 5.88 Å². The molecule has 0 bridgehead atoms. The van der Waals surface area contributed by atoms with Crippen LogP contribution in [0.25, 0.3) is 0 Å². The van der Waals surface area contributed by atoms with Crippen molar-refractivity contribution in [1.82, 2.24) is 15.1 Å². The molecule has 0 radical (unpaired) electrons. The van der Waals surface area contributed by atoms with E-state index < -0.39 is 10.0 Å². The molecule has 0 atom stereocenters. The predicted molar refractivity (Wildman–Crippen MR) is 94.4 cm³/mol. The van der Waals surface area contributed by atoms with Crippen LogP contribution in [0.5, 0.6) is 5.88 Å². The average Bonchev–Trinajstić information content (AvgIpc) is 2.78. The fraction of sp³-hybridized carbons (Fsp3) is 0.471. The second-order valence-corrected chi connectivity index (χ2v) is 8.36. The predicted octanol–water partition coefficient (Wildman–Crippen LogP) is 1.35. The summed E-state index contributed by atoms with van der Waals surface area (Å²) >= 11 is 0. The highest BCUT2D eigenvalue weighted by atomic mass is 32.2. The van der Waals surface area contributed by atoms with E-state index in [0.717, 1.165) is 31.5 Å². The zero-order chi connectivity index (χ0) is 17.6. The summed E-state index contributed by atoms with van der Waals surface area (Å²) in [6.07, 6.45) is 1.91. The first-order valence-corrected chi connectivity index (χ1v) is 9.94. The molecule has 1 N–H and O–H groups in total. The molecular weight excluding hydrogens is 340 g/mol. The SMILES string of the molecule is Cc1nn(C)c2c1N(S(=O)(=O)c1ccc3c(c1)CCCNC3)CCO2. The maximum Gasteiger partial charge on any atom is 0.264 e. The second-order valence-electron chi connectivity index (χ2n) is 6.50. The molecule has 1 aromatic heterocycles. The number of hydrogen-bond acceptors (Lipinski definition) is 5. The molecule has 0 amide bonds. The lowest BCUT2D eigenvalue weighted by atomic mass is 10.0. The minimum absolute atomic E-state index is 0.292. The Balaban J connectivity index is 1.78. The molecule has 0 saturated carbocycles. The standard InChI is InChI=1S/C17H22N4O3S/c1-12-16-17(20(2)19-12)24-9-8-21(16)25(22,23)15-6-5-14-11-18-7-3-4-13(14)10-15/h5-6,10,18H,3-4,7-9,11H2,1-2H3. The molecule has 2 aliphatic rings. The zero-order valence-electron chi connectivity index (χ0n) is 14.4. The number of aryl methyl sites for hydroxylation is 3. The summed E-state index contributed by atoms with van der Waals surface area (Å²) in [6, 6.07) is 5.47. The first-order chi connectivity index (χ1) is 12.0. The molecule has 4 rings (SSSR count). The number of rotatable bonds is 2. The van der Waals surface area contributed by atoms with Gasteiger partial charge in [-0.1, -0.05) is 6.07 Å². The van der Waals surface area contributed by atoms with Crippen LogP contribution in [0, 0.1) is 6.92 Å². The van der Waals surface area contributed by atoms with Crippen molar-refractivity contribution in [2.75, 3.05) is 24.0 Å². The van der Waals surface area contributed by atoms with Crippen LogP contribution >= 0.6 is 0 Å². The quantitative estimate of drug-likeness (QED) is 0.873. The van der Waals surface area contributed by atoms with Gasteiger partial charge in [0.1, 0.15) is 12.3 Å². The van der Waals surface area contributed by atoms with Gasteiger partial charge < -0.3 is 10.1 Å². The van der Waals surface area contributed by atoms with Crippen LogP contribution in [0.3, 0.4) is 0 Å². The van der Waals surface area contributed by atoms with Gasteiger partial charge in [-0.15, -0.1) is 0 Å². The van der Waals surface area contributed by atoms with Gasteiger partial charge in [-0.2, -0.15) is 5.10 Å². The number of sulfonamides is 1. The van der Waals surface area contributed by atoms with Gasteiger partial charge in [-0.3, -0.25) is 4.31 Å². The Labute approximate surface area is 147 Å². The number of nitrogens with one attached hydrogen (secondary N) is 1. The van der Waals surface area contributed by atoms with Crippen LogP contribution in [0.4, 0.5) is 5.69 Å². The van der Waals surface area contributed by atoms with Gasteiger partial charge in [0.15, 0.2) is 0 Å². The third kappa shape index (κ3) is 2.69. The molecule has 0 aliphatic carbocycles. The number of benzene rings is 1. The summed E-state index contributed by atoms with van der Waals surface area (Å²) < 4.78 is 35.3. The molecular formula is C17H22N4O3S. The highest BCUT2D eigenvalue weighted by Gasteiger charge is 2.34. The van der Waals surface area contributed by atoms with Crippen molar-refractivity contribution >= 4 is 15.7 Å². The van der Waals surface area contributed by atoms with E-state index in [1.54, 1.807) is 24.7 Å². The lowest BCUT2D eigenvalue weighted by Gasteiger charge is -2.29. The normalized spacial score (nSPS) is 17.4. The number of anilines is 1. The number of fused-ring (bicyclic) bond motifs is 2. The average molecular weight is 362 g/mol. The third-order valence-electron chi connectivity index (χ3n) is 4.80. The summed E-state index contributed by atoms with van der Waals surface area (Å²) in [4.78, 5) is 0.337. The van der Waals surface area contributed by atoms with Crippen LogP contribution < -0.4 is 14.4 Å². The Kier molecular flexibility index (Phi) is 3.96. The van der Waals surface area contributed by atoms with Gasteiger partial charge in [0, 0.05) is 13.6 Å². The van der Waals surface area contributed by atoms with Crippen LogP contribution in [-0.2, 0) is 30.0 Å². The zero-order valence-corrected chi connectivity index (χ0v) is 15.3. The minimum Gasteiger partial charge on any atom is -0.474 e. The molecule has 134 valence electrons. The van der Waals surface area contributed by atoms with Crippen LogP contribution in [0.1, 0.15) is 23.2 Å². The van der Waals surface area contributed by atoms with Crippen molar-refractivity contribution in [2.24, 2.45) is 7.05 Å². The smallest absolute Gasteiger partial charge is 0.264 e. The van der Waals surface area contributed by atoms with E-state index in [1.165, 1.54) is 9.87 Å². The Morgan fingerprint density at radius 2 is 2.12 bits per heavy atom. The van der Waals surface area contributed by atoms with Crippen LogP contribution in [0.15, 0.2) is 23.1 Å². The fourth-order valence-corrected chi connectivity index (χ4v) is 5.13. The molecule has 25 heavy (non-hydrogen) atoms. The lowest BCUT2D eigenvalue weighted by Crippen LogP contribution is -2.38. The van der Waals surface area contributed by atoms with E-state index in [2.05, 4.69) is 10.4 Å².